The molecule has 0 amide bonds. The lowest BCUT2D eigenvalue weighted by Gasteiger charge is -2.17. The number of hydrogen-bond acceptors (Lipinski definition) is 1. The van der Waals surface area contributed by atoms with E-state index >= 15 is 0 Å². The van der Waals surface area contributed by atoms with Crippen LogP contribution in [0.2, 0.25) is 0 Å². The summed E-state index contributed by atoms with van der Waals surface area (Å²) in [5.74, 6) is 1.90. The van der Waals surface area contributed by atoms with Crippen LogP contribution in [0.5, 0.6) is 0 Å². The minimum atomic E-state index is 0.528. The average Bonchev–Trinajstić information content (AvgIpc) is 2.44. The standard InChI is InChI=1S/C9H19N/c1-9(2,3)8-6-7(8)4-5-10/h7-8H,4-6,10H2,1-3H3. The van der Waals surface area contributed by atoms with Gasteiger partial charge in [0.15, 0.2) is 0 Å². The summed E-state index contributed by atoms with van der Waals surface area (Å²) in [5.41, 5.74) is 6.00. The monoisotopic (exact) mass is 141 g/mol. The van der Waals surface area contributed by atoms with Crippen LogP contribution in [0.4, 0.5) is 0 Å². The zero-order valence-corrected chi connectivity index (χ0v) is 7.35. The number of hydrogen-bond donors (Lipinski definition) is 1. The van der Waals surface area contributed by atoms with Crippen LogP contribution in [0.3, 0.4) is 0 Å². The molecule has 0 aromatic heterocycles. The van der Waals surface area contributed by atoms with E-state index in [2.05, 4.69) is 20.8 Å². The quantitative estimate of drug-likeness (QED) is 0.625. The Hall–Kier alpha value is -0.0400. The van der Waals surface area contributed by atoms with Gasteiger partial charge in [-0.15, -0.1) is 0 Å². The van der Waals surface area contributed by atoms with Gasteiger partial charge >= 0.3 is 0 Å². The SMILES string of the molecule is CC(C)(C)C1CC1CCN. The Morgan fingerprint density at radius 2 is 2.00 bits per heavy atom. The van der Waals surface area contributed by atoms with Crippen LogP contribution in [-0.4, -0.2) is 6.54 Å². The van der Waals surface area contributed by atoms with Gasteiger partial charge in [0.25, 0.3) is 0 Å². The van der Waals surface area contributed by atoms with Gasteiger partial charge in [-0.1, -0.05) is 20.8 Å². The van der Waals surface area contributed by atoms with Gasteiger partial charge in [-0.05, 0) is 36.6 Å². The topological polar surface area (TPSA) is 26.0 Å². The molecule has 1 nitrogen and oxygen atoms in total. The molecule has 2 unspecified atom stereocenters. The molecule has 0 aromatic carbocycles. The Bertz CT molecular complexity index is 112. The van der Waals surface area contributed by atoms with Crippen molar-refractivity contribution in [1.29, 1.82) is 0 Å². The van der Waals surface area contributed by atoms with Gasteiger partial charge in [0.05, 0.1) is 0 Å². The molecule has 0 aliphatic heterocycles. The van der Waals surface area contributed by atoms with Gasteiger partial charge < -0.3 is 5.73 Å². The van der Waals surface area contributed by atoms with Crippen molar-refractivity contribution in [3.05, 3.63) is 0 Å². The van der Waals surface area contributed by atoms with Crippen molar-refractivity contribution in [2.75, 3.05) is 6.54 Å². The molecule has 1 saturated carbocycles. The van der Waals surface area contributed by atoms with Gasteiger partial charge in [-0.25, -0.2) is 0 Å². The maximum Gasteiger partial charge on any atom is -0.00745 e. The second kappa shape index (κ2) is 2.54. The lowest BCUT2D eigenvalue weighted by atomic mass is 9.88. The Kier molecular flexibility index (Phi) is 2.04. The summed E-state index contributed by atoms with van der Waals surface area (Å²) >= 11 is 0. The number of nitrogens with two attached hydrogens (primary N) is 1. The van der Waals surface area contributed by atoms with Crippen LogP contribution < -0.4 is 5.73 Å². The van der Waals surface area contributed by atoms with E-state index in [4.69, 9.17) is 5.73 Å². The highest BCUT2D eigenvalue weighted by Gasteiger charge is 2.43. The molecule has 1 heteroatoms. The third-order valence-electron chi connectivity index (χ3n) is 2.57. The molecule has 60 valence electrons. The second-order valence-electron chi connectivity index (χ2n) is 4.55. The Morgan fingerprint density at radius 1 is 1.40 bits per heavy atom. The van der Waals surface area contributed by atoms with E-state index in [1.54, 1.807) is 0 Å². The highest BCUT2D eigenvalue weighted by atomic mass is 14.6. The third kappa shape index (κ3) is 1.72. The molecule has 1 aliphatic rings. The van der Waals surface area contributed by atoms with Crippen molar-refractivity contribution >= 4 is 0 Å². The molecule has 0 radical (unpaired) electrons. The molecule has 1 rings (SSSR count). The van der Waals surface area contributed by atoms with E-state index in [0.717, 1.165) is 18.4 Å². The summed E-state index contributed by atoms with van der Waals surface area (Å²) < 4.78 is 0. The van der Waals surface area contributed by atoms with Crippen molar-refractivity contribution in [2.24, 2.45) is 23.0 Å². The number of rotatable bonds is 2. The Morgan fingerprint density at radius 3 is 2.30 bits per heavy atom. The molecule has 2 N–H and O–H groups in total. The van der Waals surface area contributed by atoms with Crippen LogP contribution >= 0.6 is 0 Å². The van der Waals surface area contributed by atoms with Crippen LogP contribution in [0.15, 0.2) is 0 Å². The fourth-order valence-electron chi connectivity index (χ4n) is 1.84. The van der Waals surface area contributed by atoms with E-state index in [-0.39, 0.29) is 0 Å². The summed E-state index contributed by atoms with van der Waals surface area (Å²) in [5, 5.41) is 0. The van der Waals surface area contributed by atoms with Crippen molar-refractivity contribution in [2.45, 2.75) is 33.6 Å². The van der Waals surface area contributed by atoms with Crippen molar-refractivity contribution in [1.82, 2.24) is 0 Å². The summed E-state index contributed by atoms with van der Waals surface area (Å²) in [6, 6.07) is 0. The van der Waals surface area contributed by atoms with E-state index in [0.29, 0.717) is 5.41 Å². The van der Waals surface area contributed by atoms with E-state index in [1.807, 2.05) is 0 Å². The second-order valence-corrected chi connectivity index (χ2v) is 4.55. The highest BCUT2D eigenvalue weighted by Crippen LogP contribution is 2.51. The first kappa shape index (κ1) is 8.06. The molecule has 0 spiro atoms. The molecule has 0 heterocycles. The lowest BCUT2D eigenvalue weighted by Crippen LogP contribution is -2.10. The molecule has 1 aliphatic carbocycles. The Balaban J connectivity index is 2.25. The van der Waals surface area contributed by atoms with Crippen molar-refractivity contribution in [3.63, 3.8) is 0 Å². The smallest absolute Gasteiger partial charge is 0.00745 e. The molecular weight excluding hydrogens is 122 g/mol. The van der Waals surface area contributed by atoms with Gasteiger partial charge in [-0.2, -0.15) is 0 Å². The van der Waals surface area contributed by atoms with Crippen molar-refractivity contribution in [3.8, 4) is 0 Å². The maximum atomic E-state index is 5.47. The minimum Gasteiger partial charge on any atom is -0.330 e. The molecule has 2 atom stereocenters. The zero-order valence-electron chi connectivity index (χ0n) is 7.35. The lowest BCUT2D eigenvalue weighted by molar-refractivity contribution is 0.326. The molecule has 10 heavy (non-hydrogen) atoms. The van der Waals surface area contributed by atoms with Gasteiger partial charge in [0.1, 0.15) is 0 Å². The van der Waals surface area contributed by atoms with Crippen molar-refractivity contribution < 1.29 is 0 Å². The predicted octanol–water partition coefficient (Wildman–Crippen LogP) is 2.02. The predicted molar refractivity (Wildman–Crippen MR) is 44.7 cm³/mol. The van der Waals surface area contributed by atoms with E-state index in [9.17, 15) is 0 Å². The first-order valence-electron chi connectivity index (χ1n) is 4.26. The molecule has 0 saturated heterocycles. The minimum absolute atomic E-state index is 0.528. The van der Waals surface area contributed by atoms with E-state index in [1.165, 1.54) is 12.8 Å². The molecule has 1 fully saturated rings. The fourth-order valence-corrected chi connectivity index (χ4v) is 1.84. The first-order valence-corrected chi connectivity index (χ1v) is 4.26. The van der Waals surface area contributed by atoms with Crippen LogP contribution in [-0.2, 0) is 0 Å². The fraction of sp³-hybridized carbons (Fsp3) is 1.00. The third-order valence-corrected chi connectivity index (χ3v) is 2.57. The Labute approximate surface area is 64.0 Å². The van der Waals surface area contributed by atoms with Gasteiger partial charge in [0, 0.05) is 0 Å². The highest BCUT2D eigenvalue weighted by molar-refractivity contribution is 4.93. The maximum absolute atomic E-state index is 5.47. The summed E-state index contributed by atoms with van der Waals surface area (Å²) in [7, 11) is 0. The zero-order chi connectivity index (χ0) is 7.78. The normalized spacial score (nSPS) is 32.4. The molecule has 0 bridgehead atoms. The van der Waals surface area contributed by atoms with Crippen LogP contribution in [0, 0.1) is 17.3 Å². The summed E-state index contributed by atoms with van der Waals surface area (Å²) in [6.07, 6.45) is 2.66. The molecular formula is C9H19N. The van der Waals surface area contributed by atoms with Gasteiger partial charge in [-0.3, -0.25) is 0 Å². The van der Waals surface area contributed by atoms with Crippen LogP contribution in [0.25, 0.3) is 0 Å². The largest absolute Gasteiger partial charge is 0.330 e. The van der Waals surface area contributed by atoms with E-state index < -0.39 is 0 Å². The summed E-state index contributed by atoms with van der Waals surface area (Å²) in [6.45, 7) is 7.85. The first-order chi connectivity index (χ1) is 4.55. The van der Waals surface area contributed by atoms with Crippen LogP contribution in [0.1, 0.15) is 33.6 Å². The average molecular weight is 141 g/mol. The molecule has 0 aromatic rings. The van der Waals surface area contributed by atoms with Gasteiger partial charge in [0.2, 0.25) is 0 Å². The summed E-state index contributed by atoms with van der Waals surface area (Å²) in [4.78, 5) is 0.